The van der Waals surface area contributed by atoms with Gasteiger partial charge in [0.05, 0.1) is 6.04 Å². The first kappa shape index (κ1) is 12.1. The van der Waals surface area contributed by atoms with E-state index in [1.807, 2.05) is 11.1 Å². The number of rotatable bonds is 2. The number of amides is 2. The summed E-state index contributed by atoms with van der Waals surface area (Å²) in [5, 5.41) is 0. The summed E-state index contributed by atoms with van der Waals surface area (Å²) in [4.78, 5) is 26.1. The Bertz CT molecular complexity index is 338. The van der Waals surface area contributed by atoms with E-state index in [0.29, 0.717) is 0 Å². The molecule has 94 valence electrons. The highest BCUT2D eigenvalue weighted by atomic mass is 16.2. The molecule has 0 aromatic heterocycles. The second kappa shape index (κ2) is 5.34. The van der Waals surface area contributed by atoms with E-state index < -0.39 is 0 Å². The van der Waals surface area contributed by atoms with Gasteiger partial charge in [-0.1, -0.05) is 0 Å². The fraction of sp³-hybridized carbons (Fsp3) is 0.692. The standard InChI is InChI=1S/C13H20N2O2/c1-11(17)14-8-4-5-12(9-14)13-6-2-3-7-15(13)10-16/h9-10,13H,2-8H2,1H3/t13-/m1/s1. The number of carbonyl (C=O) groups excluding carboxylic acids is 2. The largest absolute Gasteiger partial charge is 0.338 e. The first-order valence-corrected chi connectivity index (χ1v) is 6.41. The second-order valence-electron chi connectivity index (χ2n) is 4.87. The van der Waals surface area contributed by atoms with E-state index in [4.69, 9.17) is 0 Å². The van der Waals surface area contributed by atoms with Crippen molar-refractivity contribution in [2.45, 2.75) is 45.1 Å². The molecule has 0 spiro atoms. The molecule has 0 aromatic rings. The average Bonchev–Trinajstić information content (AvgIpc) is 2.39. The lowest BCUT2D eigenvalue weighted by Crippen LogP contribution is -2.41. The Morgan fingerprint density at radius 2 is 2.18 bits per heavy atom. The van der Waals surface area contributed by atoms with Crippen LogP contribution in [0.3, 0.4) is 0 Å². The van der Waals surface area contributed by atoms with Crippen LogP contribution in [0.1, 0.15) is 39.0 Å². The lowest BCUT2D eigenvalue weighted by molar-refractivity contribution is -0.126. The van der Waals surface area contributed by atoms with Crippen molar-refractivity contribution in [3.05, 3.63) is 11.8 Å². The van der Waals surface area contributed by atoms with E-state index >= 15 is 0 Å². The molecule has 2 amide bonds. The van der Waals surface area contributed by atoms with E-state index in [1.54, 1.807) is 11.8 Å². The minimum Gasteiger partial charge on any atom is -0.338 e. The predicted octanol–water partition coefficient (Wildman–Crippen LogP) is 1.52. The maximum Gasteiger partial charge on any atom is 0.223 e. The van der Waals surface area contributed by atoms with Crippen LogP contribution >= 0.6 is 0 Å². The van der Waals surface area contributed by atoms with Gasteiger partial charge in [0.15, 0.2) is 0 Å². The molecule has 0 bridgehead atoms. The lowest BCUT2D eigenvalue weighted by Gasteiger charge is -2.37. The van der Waals surface area contributed by atoms with Gasteiger partial charge in [-0.2, -0.15) is 0 Å². The van der Waals surface area contributed by atoms with Gasteiger partial charge in [0.25, 0.3) is 0 Å². The van der Waals surface area contributed by atoms with Crippen molar-refractivity contribution in [1.29, 1.82) is 0 Å². The summed E-state index contributed by atoms with van der Waals surface area (Å²) in [7, 11) is 0. The van der Waals surface area contributed by atoms with Crippen molar-refractivity contribution in [3.8, 4) is 0 Å². The summed E-state index contributed by atoms with van der Waals surface area (Å²) in [5.74, 6) is 0.0932. The number of nitrogens with zero attached hydrogens (tertiary/aromatic N) is 2. The minimum atomic E-state index is 0.0932. The van der Waals surface area contributed by atoms with Crippen molar-refractivity contribution in [1.82, 2.24) is 9.80 Å². The zero-order valence-electron chi connectivity index (χ0n) is 10.4. The number of piperidine rings is 1. The Labute approximate surface area is 102 Å². The molecule has 2 rings (SSSR count). The van der Waals surface area contributed by atoms with Crippen molar-refractivity contribution < 1.29 is 9.59 Å². The van der Waals surface area contributed by atoms with Gasteiger partial charge in [0.2, 0.25) is 12.3 Å². The van der Waals surface area contributed by atoms with Crippen LogP contribution in [0, 0.1) is 0 Å². The third-order valence-electron chi connectivity index (χ3n) is 3.70. The van der Waals surface area contributed by atoms with Gasteiger partial charge in [0.1, 0.15) is 0 Å². The molecule has 2 heterocycles. The van der Waals surface area contributed by atoms with Gasteiger partial charge >= 0.3 is 0 Å². The zero-order valence-corrected chi connectivity index (χ0v) is 10.4. The Hall–Kier alpha value is -1.32. The normalized spacial score (nSPS) is 25.5. The smallest absolute Gasteiger partial charge is 0.223 e. The van der Waals surface area contributed by atoms with Gasteiger partial charge in [-0.15, -0.1) is 0 Å². The maximum absolute atomic E-state index is 11.4. The van der Waals surface area contributed by atoms with Crippen LogP contribution in [0.25, 0.3) is 0 Å². The molecule has 0 saturated carbocycles. The molecule has 1 saturated heterocycles. The number of likely N-dealkylation sites (tertiary alicyclic amines) is 1. The molecule has 2 aliphatic heterocycles. The van der Waals surface area contributed by atoms with Crippen LogP contribution < -0.4 is 0 Å². The van der Waals surface area contributed by atoms with Crippen molar-refractivity contribution in [3.63, 3.8) is 0 Å². The summed E-state index contributed by atoms with van der Waals surface area (Å²) < 4.78 is 0. The molecule has 2 aliphatic rings. The zero-order chi connectivity index (χ0) is 12.3. The van der Waals surface area contributed by atoms with Crippen molar-refractivity contribution in [2.24, 2.45) is 0 Å². The quantitative estimate of drug-likeness (QED) is 0.682. The van der Waals surface area contributed by atoms with Gasteiger partial charge in [-0.05, 0) is 37.7 Å². The third-order valence-corrected chi connectivity index (χ3v) is 3.70. The molecule has 0 unspecified atom stereocenters. The summed E-state index contributed by atoms with van der Waals surface area (Å²) in [6.07, 6.45) is 8.25. The van der Waals surface area contributed by atoms with Gasteiger partial charge in [-0.25, -0.2) is 0 Å². The Morgan fingerprint density at radius 3 is 2.88 bits per heavy atom. The van der Waals surface area contributed by atoms with E-state index in [9.17, 15) is 9.59 Å². The monoisotopic (exact) mass is 236 g/mol. The van der Waals surface area contributed by atoms with Gasteiger partial charge < -0.3 is 9.80 Å². The number of hydrogen-bond acceptors (Lipinski definition) is 2. The highest BCUT2D eigenvalue weighted by Crippen LogP contribution is 2.27. The topological polar surface area (TPSA) is 40.6 Å². The Morgan fingerprint density at radius 1 is 1.35 bits per heavy atom. The van der Waals surface area contributed by atoms with Crippen LogP contribution in [0.4, 0.5) is 0 Å². The lowest BCUT2D eigenvalue weighted by atomic mass is 9.91. The van der Waals surface area contributed by atoms with Crippen LogP contribution in [0.5, 0.6) is 0 Å². The summed E-state index contributed by atoms with van der Waals surface area (Å²) >= 11 is 0. The highest BCUT2D eigenvalue weighted by molar-refractivity contribution is 5.74. The van der Waals surface area contributed by atoms with Crippen LogP contribution in [-0.2, 0) is 9.59 Å². The van der Waals surface area contributed by atoms with E-state index in [-0.39, 0.29) is 11.9 Å². The van der Waals surface area contributed by atoms with Crippen molar-refractivity contribution >= 4 is 12.3 Å². The Balaban J connectivity index is 2.14. The molecule has 4 nitrogen and oxygen atoms in total. The highest BCUT2D eigenvalue weighted by Gasteiger charge is 2.26. The number of carbonyl (C=O) groups is 2. The second-order valence-corrected chi connectivity index (χ2v) is 4.87. The Kier molecular flexibility index (Phi) is 3.82. The molecule has 0 radical (unpaired) electrons. The summed E-state index contributed by atoms with van der Waals surface area (Å²) in [6.45, 7) is 3.26. The predicted molar refractivity (Wildman–Crippen MR) is 65.1 cm³/mol. The molecule has 1 fully saturated rings. The third kappa shape index (κ3) is 2.68. The summed E-state index contributed by atoms with van der Waals surface area (Å²) in [5.41, 5.74) is 1.25. The molecule has 1 atom stereocenters. The van der Waals surface area contributed by atoms with Crippen LogP contribution in [-0.4, -0.2) is 41.2 Å². The van der Waals surface area contributed by atoms with Crippen LogP contribution in [0.2, 0.25) is 0 Å². The summed E-state index contributed by atoms with van der Waals surface area (Å²) in [6, 6.07) is 0.225. The first-order valence-electron chi connectivity index (χ1n) is 6.41. The SMILES string of the molecule is CC(=O)N1C=C([C@H]2CCCCN2C=O)CCC1. The average molecular weight is 236 g/mol. The van der Waals surface area contributed by atoms with Crippen molar-refractivity contribution in [2.75, 3.05) is 13.1 Å². The fourth-order valence-electron chi connectivity index (χ4n) is 2.76. The first-order chi connectivity index (χ1) is 8.22. The minimum absolute atomic E-state index is 0.0932. The molecular formula is C13H20N2O2. The number of hydrogen-bond donors (Lipinski definition) is 0. The molecule has 4 heteroatoms. The van der Waals surface area contributed by atoms with E-state index in [1.165, 1.54) is 12.0 Å². The molecular weight excluding hydrogens is 216 g/mol. The van der Waals surface area contributed by atoms with Gasteiger partial charge in [-0.3, -0.25) is 9.59 Å². The molecule has 0 aromatic carbocycles. The fourth-order valence-corrected chi connectivity index (χ4v) is 2.76. The maximum atomic E-state index is 11.4. The van der Waals surface area contributed by atoms with Crippen LogP contribution in [0.15, 0.2) is 11.8 Å². The molecule has 17 heavy (non-hydrogen) atoms. The van der Waals surface area contributed by atoms with E-state index in [2.05, 4.69) is 0 Å². The van der Waals surface area contributed by atoms with Gasteiger partial charge in [0, 0.05) is 26.2 Å². The van der Waals surface area contributed by atoms with E-state index in [0.717, 1.165) is 45.2 Å². The molecule has 0 N–H and O–H groups in total. The molecule has 0 aliphatic carbocycles.